The van der Waals surface area contributed by atoms with E-state index in [1.165, 1.54) is 18.3 Å². The summed E-state index contributed by atoms with van der Waals surface area (Å²) in [5.74, 6) is -1.12. The van der Waals surface area contributed by atoms with Crippen LogP contribution in [0.1, 0.15) is 34.6 Å². The lowest BCUT2D eigenvalue weighted by Gasteiger charge is -2.12. The fourth-order valence-electron chi connectivity index (χ4n) is 2.87. The maximum atomic E-state index is 14.0. The molecule has 2 aromatic heterocycles. The Morgan fingerprint density at radius 2 is 2.00 bits per heavy atom. The minimum Gasteiger partial charge on any atom is -0.477 e. The van der Waals surface area contributed by atoms with Crippen LogP contribution in [-0.4, -0.2) is 32.5 Å². The van der Waals surface area contributed by atoms with Crippen molar-refractivity contribution in [2.45, 2.75) is 25.6 Å². The van der Waals surface area contributed by atoms with E-state index in [0.29, 0.717) is 24.0 Å². The molecule has 0 radical (unpaired) electrons. The first-order valence-electron chi connectivity index (χ1n) is 9.46. The van der Waals surface area contributed by atoms with Crippen LogP contribution in [0.15, 0.2) is 42.6 Å². The maximum absolute atomic E-state index is 14.0. The molecule has 1 amide bonds. The molecule has 11 heteroatoms. The van der Waals surface area contributed by atoms with Crippen molar-refractivity contribution < 1.29 is 27.1 Å². The average molecular weight is 435 g/mol. The highest BCUT2D eigenvalue weighted by atomic mass is 19.4. The third-order valence-electron chi connectivity index (χ3n) is 4.65. The lowest BCUT2D eigenvalue weighted by molar-refractivity contribution is -0.143. The number of hydrogen-bond acceptors (Lipinski definition) is 5. The minimum absolute atomic E-state index is 0.0784. The summed E-state index contributed by atoms with van der Waals surface area (Å²) >= 11 is 0. The van der Waals surface area contributed by atoms with Crippen LogP contribution >= 0.6 is 0 Å². The summed E-state index contributed by atoms with van der Waals surface area (Å²) in [5, 5.41) is 9.11. The standard InChI is InChI=1S/C20H17F4N5O2/c21-14-3-1-2-4-15(14)29-18(20(22,23)24)17(27-28-29)19(30)26-10-13-7-8-25-16(9-13)31-11-12-5-6-12/h1-4,7-9,12H,5-6,10-11H2,(H,26,30). The first-order valence-corrected chi connectivity index (χ1v) is 9.46. The number of pyridine rings is 1. The van der Waals surface area contributed by atoms with Crippen molar-refractivity contribution in [3.8, 4) is 11.6 Å². The first kappa shape index (κ1) is 20.8. The predicted octanol–water partition coefficient (Wildman–Crippen LogP) is 3.54. The second kappa shape index (κ2) is 8.32. The molecule has 162 valence electrons. The molecule has 0 atom stereocenters. The highest BCUT2D eigenvalue weighted by Gasteiger charge is 2.42. The smallest absolute Gasteiger partial charge is 0.435 e. The van der Waals surface area contributed by atoms with Gasteiger partial charge in [0.1, 0.15) is 11.5 Å². The number of rotatable bonds is 7. The fourth-order valence-corrected chi connectivity index (χ4v) is 2.87. The molecule has 3 aromatic rings. The van der Waals surface area contributed by atoms with Gasteiger partial charge in [0.05, 0.1) is 6.61 Å². The van der Waals surface area contributed by atoms with Gasteiger partial charge in [0.15, 0.2) is 11.4 Å². The zero-order valence-corrected chi connectivity index (χ0v) is 16.1. The monoisotopic (exact) mass is 435 g/mol. The topological polar surface area (TPSA) is 81.9 Å². The Labute approximate surface area is 174 Å². The van der Waals surface area contributed by atoms with Gasteiger partial charge in [-0.2, -0.15) is 13.2 Å². The zero-order valence-electron chi connectivity index (χ0n) is 16.1. The zero-order chi connectivity index (χ0) is 22.0. The maximum Gasteiger partial charge on any atom is 0.435 e. The van der Waals surface area contributed by atoms with E-state index in [2.05, 4.69) is 20.6 Å². The quantitative estimate of drug-likeness (QED) is 0.574. The Morgan fingerprint density at radius 1 is 1.23 bits per heavy atom. The van der Waals surface area contributed by atoms with E-state index in [1.54, 1.807) is 12.1 Å². The summed E-state index contributed by atoms with van der Waals surface area (Å²) in [5.41, 5.74) is -2.29. The first-order chi connectivity index (χ1) is 14.8. The molecule has 0 aliphatic heterocycles. The van der Waals surface area contributed by atoms with Crippen molar-refractivity contribution in [3.63, 3.8) is 0 Å². The fraction of sp³-hybridized carbons (Fsp3) is 0.300. The van der Waals surface area contributed by atoms with Gasteiger partial charge in [-0.1, -0.05) is 17.3 Å². The largest absolute Gasteiger partial charge is 0.477 e. The van der Waals surface area contributed by atoms with E-state index in [4.69, 9.17) is 4.74 Å². The van der Waals surface area contributed by atoms with Gasteiger partial charge in [-0.3, -0.25) is 4.79 Å². The number of amides is 1. The van der Waals surface area contributed by atoms with E-state index < -0.39 is 35.0 Å². The van der Waals surface area contributed by atoms with Gasteiger partial charge in [0.25, 0.3) is 5.91 Å². The molecule has 1 fully saturated rings. The van der Waals surface area contributed by atoms with Gasteiger partial charge in [0, 0.05) is 18.8 Å². The van der Waals surface area contributed by atoms with Crippen LogP contribution in [0, 0.1) is 11.7 Å². The van der Waals surface area contributed by atoms with Gasteiger partial charge in [0.2, 0.25) is 5.88 Å². The molecule has 1 saturated carbocycles. The number of carbonyl (C=O) groups is 1. The van der Waals surface area contributed by atoms with Crippen LogP contribution in [0.3, 0.4) is 0 Å². The number of benzene rings is 1. The SMILES string of the molecule is O=C(NCc1ccnc(OCC2CC2)c1)c1nnn(-c2ccccc2F)c1C(F)(F)F. The summed E-state index contributed by atoms with van der Waals surface area (Å²) < 4.78 is 60.8. The molecule has 4 rings (SSSR count). The van der Waals surface area contributed by atoms with Crippen LogP contribution in [0.2, 0.25) is 0 Å². The molecule has 7 nitrogen and oxygen atoms in total. The molecule has 0 saturated heterocycles. The molecule has 1 N–H and O–H groups in total. The second-order valence-corrected chi connectivity index (χ2v) is 7.09. The van der Waals surface area contributed by atoms with E-state index in [-0.39, 0.29) is 11.2 Å². The van der Waals surface area contributed by atoms with Crippen molar-refractivity contribution in [2.24, 2.45) is 5.92 Å². The minimum atomic E-state index is -4.99. The third kappa shape index (κ3) is 4.81. The highest BCUT2D eigenvalue weighted by molar-refractivity contribution is 5.93. The van der Waals surface area contributed by atoms with Crippen molar-refractivity contribution in [1.82, 2.24) is 25.3 Å². The molecule has 0 bridgehead atoms. The number of alkyl halides is 3. The average Bonchev–Trinajstić information content (AvgIpc) is 3.46. The molecule has 1 aromatic carbocycles. The van der Waals surface area contributed by atoms with E-state index in [1.807, 2.05) is 0 Å². The van der Waals surface area contributed by atoms with E-state index in [0.717, 1.165) is 25.0 Å². The molecule has 1 aliphatic rings. The Balaban J connectivity index is 1.52. The molecular formula is C20H17F4N5O2. The Hall–Kier alpha value is -3.50. The number of nitrogens with one attached hydrogen (secondary N) is 1. The Kier molecular flexibility index (Phi) is 5.57. The number of para-hydroxylation sites is 1. The lowest BCUT2D eigenvalue weighted by atomic mass is 10.2. The number of carbonyl (C=O) groups excluding carboxylic acids is 1. The van der Waals surface area contributed by atoms with Crippen molar-refractivity contribution in [3.05, 3.63) is 65.4 Å². The predicted molar refractivity (Wildman–Crippen MR) is 99.9 cm³/mol. The van der Waals surface area contributed by atoms with Gasteiger partial charge in [-0.05, 0) is 42.5 Å². The number of halogens is 4. The molecule has 2 heterocycles. The number of hydrogen-bond donors (Lipinski definition) is 1. The summed E-state index contributed by atoms with van der Waals surface area (Å²) in [7, 11) is 0. The van der Waals surface area contributed by atoms with E-state index in [9.17, 15) is 22.4 Å². The van der Waals surface area contributed by atoms with Gasteiger partial charge in [-0.15, -0.1) is 5.10 Å². The van der Waals surface area contributed by atoms with Gasteiger partial charge < -0.3 is 10.1 Å². The summed E-state index contributed by atoms with van der Waals surface area (Å²) in [6.07, 6.45) is -1.27. The number of ether oxygens (including phenoxy) is 1. The molecule has 1 aliphatic carbocycles. The van der Waals surface area contributed by atoms with Crippen LogP contribution in [0.25, 0.3) is 5.69 Å². The van der Waals surface area contributed by atoms with Gasteiger partial charge >= 0.3 is 6.18 Å². The second-order valence-electron chi connectivity index (χ2n) is 7.09. The number of aromatic nitrogens is 4. The van der Waals surface area contributed by atoms with E-state index >= 15 is 0 Å². The normalized spacial score (nSPS) is 13.8. The van der Waals surface area contributed by atoms with Crippen LogP contribution in [0.5, 0.6) is 5.88 Å². The lowest BCUT2D eigenvalue weighted by Crippen LogP contribution is -2.27. The Morgan fingerprint density at radius 3 is 2.71 bits per heavy atom. The van der Waals surface area contributed by atoms with Crippen molar-refractivity contribution in [2.75, 3.05) is 6.61 Å². The van der Waals surface area contributed by atoms with Crippen LogP contribution < -0.4 is 10.1 Å². The van der Waals surface area contributed by atoms with Crippen molar-refractivity contribution >= 4 is 5.91 Å². The Bertz CT molecular complexity index is 1100. The highest BCUT2D eigenvalue weighted by Crippen LogP contribution is 2.33. The molecule has 31 heavy (non-hydrogen) atoms. The molecule has 0 unspecified atom stereocenters. The summed E-state index contributed by atoms with van der Waals surface area (Å²) in [6.45, 7) is 0.474. The van der Waals surface area contributed by atoms with Gasteiger partial charge in [-0.25, -0.2) is 14.1 Å². The number of nitrogens with zero attached hydrogens (tertiary/aromatic N) is 4. The third-order valence-corrected chi connectivity index (χ3v) is 4.65. The van der Waals surface area contributed by atoms with Crippen LogP contribution in [-0.2, 0) is 12.7 Å². The summed E-state index contributed by atoms with van der Waals surface area (Å²) in [4.78, 5) is 16.5. The molecule has 0 spiro atoms. The molecular weight excluding hydrogens is 418 g/mol. The van der Waals surface area contributed by atoms with Crippen LogP contribution in [0.4, 0.5) is 17.6 Å². The van der Waals surface area contributed by atoms with Crippen molar-refractivity contribution in [1.29, 1.82) is 0 Å². The summed E-state index contributed by atoms with van der Waals surface area (Å²) in [6, 6.07) is 7.99.